The molecule has 7 nitrogen and oxygen atoms in total. The number of nitrogens with one attached hydrogen (secondary N) is 2. The van der Waals surface area contributed by atoms with Crippen molar-refractivity contribution in [2.24, 2.45) is 0 Å². The van der Waals surface area contributed by atoms with E-state index in [0.717, 1.165) is 65.0 Å². The SMILES string of the molecule is Bc1c(B)c(B)c(C(B)(B)N2CCC[C@@H](N3Cc4cc5c(-c6ccnc(C)c6)n[nH]c5cc4NC3=O)C2)c(B)c1B. The lowest BCUT2D eigenvalue weighted by molar-refractivity contribution is 0.0937. The minimum absolute atomic E-state index is 0.0135. The second-order valence-corrected chi connectivity index (χ2v) is 12.7. The van der Waals surface area contributed by atoms with E-state index in [1.165, 1.54) is 32.9 Å². The second kappa shape index (κ2) is 10.2. The Morgan fingerprint density at radius 3 is 2.41 bits per heavy atom. The van der Waals surface area contributed by atoms with Crippen molar-refractivity contribution in [2.75, 3.05) is 18.4 Å². The van der Waals surface area contributed by atoms with Gasteiger partial charge in [0.1, 0.15) is 60.6 Å². The van der Waals surface area contributed by atoms with E-state index in [0.29, 0.717) is 6.54 Å². The molecule has 2 amide bonds. The number of carbonyl (C=O) groups excluding carboxylic acids is 1. The molecular formula is C27H35B7N6O. The van der Waals surface area contributed by atoms with Crippen LogP contribution in [-0.2, 0) is 11.9 Å². The zero-order valence-electron chi connectivity index (χ0n) is 25.7. The number of hydrogen-bond acceptors (Lipinski definition) is 4. The summed E-state index contributed by atoms with van der Waals surface area (Å²) in [7, 11) is 16.0. The number of H-pyrrole nitrogens is 1. The van der Waals surface area contributed by atoms with Gasteiger partial charge in [0, 0.05) is 47.7 Å². The molecule has 1 saturated heterocycles. The van der Waals surface area contributed by atoms with Gasteiger partial charge in [-0.2, -0.15) is 5.10 Å². The first kappa shape index (κ1) is 27.9. The lowest BCUT2D eigenvalue weighted by Crippen LogP contribution is -2.65. The predicted molar refractivity (Wildman–Crippen MR) is 189 cm³/mol. The highest BCUT2D eigenvalue weighted by molar-refractivity contribution is 6.68. The number of amides is 2. The number of urea groups is 1. The molecule has 41 heavy (non-hydrogen) atoms. The monoisotopic (exact) mass is 536 g/mol. The Morgan fingerprint density at radius 2 is 1.71 bits per heavy atom. The van der Waals surface area contributed by atoms with Crippen molar-refractivity contribution in [3.8, 4) is 11.3 Å². The van der Waals surface area contributed by atoms with Crippen LogP contribution in [0, 0.1) is 6.92 Å². The minimum atomic E-state index is -0.138. The Labute approximate surface area is 248 Å². The number of fused-ring (bicyclic) bond motifs is 2. The van der Waals surface area contributed by atoms with Crippen molar-refractivity contribution in [2.45, 2.75) is 37.7 Å². The van der Waals surface area contributed by atoms with E-state index in [2.05, 4.69) is 97.4 Å². The Morgan fingerprint density at radius 1 is 1.00 bits per heavy atom. The average Bonchev–Trinajstić information content (AvgIpc) is 3.36. The Hall–Kier alpha value is -3.26. The number of rotatable bonds is 4. The van der Waals surface area contributed by atoms with Crippen LogP contribution in [0.2, 0.25) is 0 Å². The largest absolute Gasteiger partial charge is 0.322 e. The van der Waals surface area contributed by atoms with E-state index in [-0.39, 0.29) is 17.4 Å². The van der Waals surface area contributed by atoms with Gasteiger partial charge < -0.3 is 15.1 Å². The molecule has 0 saturated carbocycles. The number of aromatic amines is 1. The number of hydrogen-bond donors (Lipinski definition) is 2. The number of carbonyl (C=O) groups is 1. The van der Waals surface area contributed by atoms with Crippen LogP contribution in [0.3, 0.4) is 0 Å². The first-order valence-corrected chi connectivity index (χ1v) is 14.8. The van der Waals surface area contributed by atoms with E-state index >= 15 is 0 Å². The molecule has 4 aromatic rings. The Kier molecular flexibility index (Phi) is 6.96. The number of piperidine rings is 1. The van der Waals surface area contributed by atoms with Crippen molar-refractivity contribution < 1.29 is 4.79 Å². The molecule has 0 unspecified atom stereocenters. The molecule has 2 aliphatic heterocycles. The molecule has 6 rings (SSSR count). The lowest BCUT2D eigenvalue weighted by atomic mass is 9.48. The maximum Gasteiger partial charge on any atom is 0.322 e. The van der Waals surface area contributed by atoms with Crippen molar-refractivity contribution in [3.63, 3.8) is 0 Å². The standard InChI is InChI=1S/C27H35B7N6O/c1-12-7-13(4-5-35-12)25-16-8-14-10-40(26(41)36-17(14)9-18(16)37-38-25)15-3-2-6-39(11-15)27(33,34)19-20(28)22(30)24(32)23(31)21(19)29/h4-5,7-9,15H,2-3,6,10-11,28-34H2,1H3,(H,36,41)(H,37,38)/t15-/m1/s1. The summed E-state index contributed by atoms with van der Waals surface area (Å²) in [4.78, 5) is 22.5. The van der Waals surface area contributed by atoms with Crippen molar-refractivity contribution >= 4 is 105 Å². The van der Waals surface area contributed by atoms with Crippen LogP contribution in [0.1, 0.15) is 29.7 Å². The molecule has 0 aliphatic carbocycles. The van der Waals surface area contributed by atoms with Crippen molar-refractivity contribution in [3.05, 3.63) is 47.3 Å². The molecular weight excluding hydrogens is 500 g/mol. The van der Waals surface area contributed by atoms with Gasteiger partial charge in [-0.25, -0.2) is 4.79 Å². The molecule has 1 atom stereocenters. The van der Waals surface area contributed by atoms with Crippen LogP contribution < -0.4 is 32.6 Å². The van der Waals surface area contributed by atoms with Gasteiger partial charge in [-0.15, -0.1) is 16.4 Å². The zero-order chi connectivity index (χ0) is 29.2. The molecule has 1 fully saturated rings. The lowest BCUT2D eigenvalue weighted by Gasteiger charge is -2.49. The Bertz CT molecular complexity index is 1680. The summed E-state index contributed by atoms with van der Waals surface area (Å²) in [6.07, 6.45) is 3.90. The smallest absolute Gasteiger partial charge is 0.316 e. The van der Waals surface area contributed by atoms with Gasteiger partial charge >= 0.3 is 6.03 Å². The van der Waals surface area contributed by atoms with Crippen LogP contribution in [-0.4, -0.2) is 105 Å². The average molecular weight is 535 g/mol. The maximum absolute atomic E-state index is 13.5. The Balaban J connectivity index is 1.30. The highest BCUT2D eigenvalue weighted by atomic mass is 16.2. The van der Waals surface area contributed by atoms with Gasteiger partial charge in [0.2, 0.25) is 0 Å². The van der Waals surface area contributed by atoms with Crippen LogP contribution in [0.15, 0.2) is 30.5 Å². The third-order valence-electron chi connectivity index (χ3n) is 10.0. The number of aryl methyl sites for hydroxylation is 1. The number of aromatic nitrogens is 3. The topological polar surface area (TPSA) is 77.2 Å². The molecule has 200 valence electrons. The second-order valence-electron chi connectivity index (χ2n) is 12.7. The first-order valence-electron chi connectivity index (χ1n) is 14.8. The van der Waals surface area contributed by atoms with E-state index < -0.39 is 0 Å². The van der Waals surface area contributed by atoms with Crippen molar-refractivity contribution in [1.29, 1.82) is 0 Å². The van der Waals surface area contributed by atoms with Gasteiger partial charge in [0.15, 0.2) is 0 Å². The number of nitrogens with zero attached hydrogens (tertiary/aromatic N) is 4. The summed E-state index contributed by atoms with van der Waals surface area (Å²) in [5, 5.41) is 11.9. The first-order chi connectivity index (χ1) is 19.5. The molecule has 2 aromatic heterocycles. The predicted octanol–water partition coefficient (Wildman–Crippen LogP) is -5.89. The van der Waals surface area contributed by atoms with Gasteiger partial charge in [-0.05, 0) is 61.5 Å². The molecule has 2 aliphatic rings. The maximum atomic E-state index is 13.5. The quantitative estimate of drug-likeness (QED) is 0.256. The van der Waals surface area contributed by atoms with Gasteiger partial charge in [-0.3, -0.25) is 10.1 Å². The molecule has 4 heterocycles. The normalized spacial score (nSPS) is 17.9. The highest BCUT2D eigenvalue weighted by Gasteiger charge is 2.39. The van der Waals surface area contributed by atoms with E-state index in [1.807, 2.05) is 25.3 Å². The fourth-order valence-electron chi connectivity index (χ4n) is 7.30. The number of likely N-dealkylation sites (tertiary alicyclic amines) is 1. The molecule has 0 spiro atoms. The summed E-state index contributed by atoms with van der Waals surface area (Å²) in [5.74, 6) is 0. The fraction of sp³-hybridized carbons (Fsp3) is 0.296. The molecule has 14 heteroatoms. The summed E-state index contributed by atoms with van der Waals surface area (Å²) in [6.45, 7) is 4.48. The van der Waals surface area contributed by atoms with Crippen LogP contribution >= 0.6 is 0 Å². The third kappa shape index (κ3) is 4.64. The summed E-state index contributed by atoms with van der Waals surface area (Å²) in [6, 6.07) is 8.40. The van der Waals surface area contributed by atoms with Crippen LogP contribution in [0.4, 0.5) is 10.5 Å². The summed E-state index contributed by atoms with van der Waals surface area (Å²) in [5.41, 5.74) is 14.2. The highest BCUT2D eigenvalue weighted by Crippen LogP contribution is 2.35. The van der Waals surface area contributed by atoms with E-state index in [1.54, 1.807) is 0 Å². The number of benzene rings is 2. The number of pyridine rings is 1. The zero-order valence-corrected chi connectivity index (χ0v) is 25.7. The third-order valence-corrected chi connectivity index (χ3v) is 10.0. The van der Waals surface area contributed by atoms with Crippen molar-refractivity contribution in [1.82, 2.24) is 25.0 Å². The van der Waals surface area contributed by atoms with Gasteiger partial charge in [0.25, 0.3) is 0 Å². The summed E-state index contributed by atoms with van der Waals surface area (Å²) < 4.78 is 0. The van der Waals surface area contributed by atoms with Crippen LogP contribution in [0.25, 0.3) is 22.2 Å². The van der Waals surface area contributed by atoms with Crippen LogP contribution in [0.5, 0.6) is 0 Å². The van der Waals surface area contributed by atoms with Gasteiger partial charge in [-0.1, -0.05) is 16.5 Å². The fourth-order valence-corrected chi connectivity index (χ4v) is 7.30. The molecule has 2 aromatic carbocycles. The molecule has 2 N–H and O–H groups in total. The van der Waals surface area contributed by atoms with E-state index in [9.17, 15) is 4.79 Å². The van der Waals surface area contributed by atoms with E-state index in [4.69, 9.17) is 0 Å². The molecule has 0 bridgehead atoms. The van der Waals surface area contributed by atoms with Gasteiger partial charge in [0.05, 0.1) is 5.52 Å². The number of anilines is 1. The summed E-state index contributed by atoms with van der Waals surface area (Å²) >= 11 is 0. The molecule has 0 radical (unpaired) electrons. The minimum Gasteiger partial charge on any atom is -0.316 e.